The fourth-order valence-electron chi connectivity index (χ4n) is 3.40. The number of fused-ring (bicyclic) bond motifs is 1. The van der Waals surface area contributed by atoms with Gasteiger partial charge in [-0.25, -0.2) is 9.97 Å². The molecule has 29 heavy (non-hydrogen) atoms. The summed E-state index contributed by atoms with van der Waals surface area (Å²) in [6, 6.07) is 13.8. The lowest BCUT2D eigenvalue weighted by Crippen LogP contribution is -2.15. The van der Waals surface area contributed by atoms with E-state index in [2.05, 4.69) is 25.6 Å². The molecule has 144 valence electrons. The molecule has 2 aromatic heterocycles. The number of pyridine rings is 1. The molecule has 2 N–H and O–H groups in total. The van der Waals surface area contributed by atoms with Crippen LogP contribution in [0.2, 0.25) is 0 Å². The third-order valence-corrected chi connectivity index (χ3v) is 4.71. The largest absolute Gasteiger partial charge is 0.322 e. The highest BCUT2D eigenvalue weighted by atomic mass is 16.1. The Morgan fingerprint density at radius 3 is 2.31 bits per heavy atom. The first kappa shape index (κ1) is 18.6. The van der Waals surface area contributed by atoms with Gasteiger partial charge in [0.1, 0.15) is 0 Å². The Kier molecular flexibility index (Phi) is 4.91. The molecule has 0 spiro atoms. The van der Waals surface area contributed by atoms with Gasteiger partial charge in [-0.1, -0.05) is 35.9 Å². The Morgan fingerprint density at radius 2 is 1.59 bits per heavy atom. The van der Waals surface area contributed by atoms with Crippen LogP contribution in [-0.2, 0) is 0 Å². The van der Waals surface area contributed by atoms with Gasteiger partial charge in [-0.2, -0.15) is 0 Å². The molecule has 2 heterocycles. The van der Waals surface area contributed by atoms with Crippen LogP contribution in [0, 0.1) is 20.8 Å². The molecule has 0 bridgehead atoms. The summed E-state index contributed by atoms with van der Waals surface area (Å²) in [5.74, 6) is 0.167. The highest BCUT2D eigenvalue weighted by Crippen LogP contribution is 2.24. The molecule has 0 saturated heterocycles. The number of para-hydroxylation sites is 1. The minimum absolute atomic E-state index is 0.238. The predicted octanol–water partition coefficient (Wildman–Crippen LogP) is 4.95. The summed E-state index contributed by atoms with van der Waals surface area (Å²) < 4.78 is 0. The van der Waals surface area contributed by atoms with E-state index in [4.69, 9.17) is 0 Å². The van der Waals surface area contributed by atoms with Crippen LogP contribution in [0.1, 0.15) is 27.0 Å². The zero-order valence-electron chi connectivity index (χ0n) is 16.5. The Labute approximate surface area is 169 Å². The molecule has 0 atom stereocenters. The fraction of sp³-hybridized carbons (Fsp3) is 0.130. The summed E-state index contributed by atoms with van der Waals surface area (Å²) in [6.45, 7) is 6.01. The average molecular weight is 383 g/mol. The van der Waals surface area contributed by atoms with Crippen molar-refractivity contribution in [1.29, 1.82) is 0 Å². The molecular weight excluding hydrogens is 362 g/mol. The van der Waals surface area contributed by atoms with Gasteiger partial charge in [0, 0.05) is 29.7 Å². The number of hydrogen-bond donors (Lipinski definition) is 2. The summed E-state index contributed by atoms with van der Waals surface area (Å²) >= 11 is 0. The molecule has 0 saturated carbocycles. The van der Waals surface area contributed by atoms with Crippen molar-refractivity contribution in [2.24, 2.45) is 0 Å². The number of carbonyl (C=O) groups is 1. The lowest BCUT2D eigenvalue weighted by molar-refractivity contribution is 0.102. The molecule has 0 radical (unpaired) electrons. The molecule has 6 heteroatoms. The molecule has 0 aliphatic carbocycles. The van der Waals surface area contributed by atoms with Gasteiger partial charge in [-0.05, 0) is 44.0 Å². The van der Waals surface area contributed by atoms with Gasteiger partial charge in [0.2, 0.25) is 5.95 Å². The number of hydrogen-bond acceptors (Lipinski definition) is 5. The number of carbonyl (C=O) groups excluding carboxylic acids is 1. The normalized spacial score (nSPS) is 10.7. The molecule has 0 unspecified atom stereocenters. The van der Waals surface area contributed by atoms with Gasteiger partial charge in [-0.15, -0.1) is 0 Å². The first-order valence-corrected chi connectivity index (χ1v) is 9.33. The van der Waals surface area contributed by atoms with Crippen molar-refractivity contribution in [1.82, 2.24) is 15.0 Å². The van der Waals surface area contributed by atoms with Crippen LogP contribution in [0.3, 0.4) is 0 Å². The lowest BCUT2D eigenvalue weighted by Gasteiger charge is -2.13. The minimum atomic E-state index is -0.238. The van der Waals surface area contributed by atoms with Gasteiger partial charge in [-0.3, -0.25) is 9.78 Å². The summed E-state index contributed by atoms with van der Waals surface area (Å²) in [7, 11) is 0. The maximum Gasteiger partial charge on any atom is 0.258 e. The molecule has 0 aliphatic heterocycles. The second kappa shape index (κ2) is 7.67. The van der Waals surface area contributed by atoms with E-state index >= 15 is 0 Å². The number of aryl methyl sites for hydroxylation is 3. The molecule has 4 rings (SSSR count). The van der Waals surface area contributed by atoms with Crippen LogP contribution in [0.5, 0.6) is 0 Å². The van der Waals surface area contributed by atoms with E-state index in [1.807, 2.05) is 63.2 Å². The van der Waals surface area contributed by atoms with Gasteiger partial charge in [0.15, 0.2) is 0 Å². The first-order chi connectivity index (χ1) is 14.0. The van der Waals surface area contributed by atoms with Crippen molar-refractivity contribution >= 4 is 34.1 Å². The van der Waals surface area contributed by atoms with Gasteiger partial charge in [0.25, 0.3) is 5.91 Å². The van der Waals surface area contributed by atoms with Crippen molar-refractivity contribution in [3.63, 3.8) is 0 Å². The first-order valence-electron chi connectivity index (χ1n) is 9.33. The van der Waals surface area contributed by atoms with Crippen molar-refractivity contribution in [3.05, 3.63) is 83.3 Å². The zero-order valence-corrected chi connectivity index (χ0v) is 16.5. The number of anilines is 3. The molecule has 1 amide bonds. The minimum Gasteiger partial charge on any atom is -0.322 e. The monoisotopic (exact) mass is 383 g/mol. The van der Waals surface area contributed by atoms with E-state index in [1.165, 1.54) is 18.0 Å². The van der Waals surface area contributed by atoms with Crippen LogP contribution in [0.4, 0.5) is 17.3 Å². The summed E-state index contributed by atoms with van der Waals surface area (Å²) in [4.78, 5) is 25.6. The summed E-state index contributed by atoms with van der Waals surface area (Å²) in [5, 5.41) is 7.16. The van der Waals surface area contributed by atoms with Crippen molar-refractivity contribution in [2.45, 2.75) is 20.8 Å². The van der Waals surface area contributed by atoms with E-state index in [0.717, 1.165) is 33.4 Å². The second-order valence-electron chi connectivity index (χ2n) is 7.03. The van der Waals surface area contributed by atoms with Gasteiger partial charge in [0.05, 0.1) is 16.8 Å². The topological polar surface area (TPSA) is 79.8 Å². The van der Waals surface area contributed by atoms with E-state index in [0.29, 0.717) is 11.5 Å². The van der Waals surface area contributed by atoms with Crippen molar-refractivity contribution in [3.8, 4) is 0 Å². The van der Waals surface area contributed by atoms with Crippen LogP contribution in [0.25, 0.3) is 10.9 Å². The number of nitrogens with zero attached hydrogens (tertiary/aromatic N) is 3. The van der Waals surface area contributed by atoms with E-state index < -0.39 is 0 Å². The van der Waals surface area contributed by atoms with Gasteiger partial charge < -0.3 is 10.6 Å². The zero-order chi connectivity index (χ0) is 20.4. The Morgan fingerprint density at radius 1 is 0.897 bits per heavy atom. The highest BCUT2D eigenvalue weighted by molar-refractivity contribution is 6.04. The van der Waals surface area contributed by atoms with Crippen LogP contribution in [0.15, 0.2) is 61.1 Å². The molecule has 6 nitrogen and oxygen atoms in total. The van der Waals surface area contributed by atoms with E-state index in [-0.39, 0.29) is 5.91 Å². The van der Waals surface area contributed by atoms with Crippen LogP contribution < -0.4 is 10.6 Å². The molecule has 0 fully saturated rings. The Balaban J connectivity index is 1.53. The number of aromatic nitrogens is 3. The number of nitrogens with one attached hydrogen (secondary N) is 2. The molecular formula is C23H21N5O. The van der Waals surface area contributed by atoms with Crippen LogP contribution in [-0.4, -0.2) is 20.9 Å². The smallest absolute Gasteiger partial charge is 0.258 e. The maximum atomic E-state index is 12.6. The third kappa shape index (κ3) is 3.91. The van der Waals surface area contributed by atoms with E-state index in [1.54, 1.807) is 6.20 Å². The fourth-order valence-corrected chi connectivity index (χ4v) is 3.40. The van der Waals surface area contributed by atoms with E-state index in [9.17, 15) is 4.79 Å². The van der Waals surface area contributed by atoms with Crippen LogP contribution >= 0.6 is 0 Å². The average Bonchev–Trinajstić information content (AvgIpc) is 2.71. The number of rotatable bonds is 4. The Bertz CT molecular complexity index is 1170. The SMILES string of the molecule is Cc1cc(C)c(NC(=O)c2cnc(Nc3cccc4cccnc34)nc2)c(C)c1. The number of amides is 1. The standard InChI is InChI=1S/C23H21N5O/c1-14-10-15(2)20(16(3)11-14)28-22(29)18-12-25-23(26-13-18)27-19-8-4-6-17-7-5-9-24-21(17)19/h4-13H,1-3H3,(H,28,29)(H,25,26,27). The quantitative estimate of drug-likeness (QED) is 0.521. The molecule has 0 aliphatic rings. The third-order valence-electron chi connectivity index (χ3n) is 4.71. The molecule has 2 aromatic carbocycles. The summed E-state index contributed by atoms with van der Waals surface area (Å²) in [6.07, 6.45) is 4.78. The highest BCUT2D eigenvalue weighted by Gasteiger charge is 2.12. The van der Waals surface area contributed by atoms with Gasteiger partial charge >= 0.3 is 0 Å². The number of benzene rings is 2. The predicted molar refractivity (Wildman–Crippen MR) is 116 cm³/mol. The second-order valence-corrected chi connectivity index (χ2v) is 7.03. The van der Waals surface area contributed by atoms with Crippen molar-refractivity contribution in [2.75, 3.05) is 10.6 Å². The Hall–Kier alpha value is -3.80. The summed E-state index contributed by atoms with van der Waals surface area (Å²) in [5.41, 5.74) is 6.09. The molecule has 4 aromatic rings. The van der Waals surface area contributed by atoms with Crippen molar-refractivity contribution < 1.29 is 4.79 Å². The lowest BCUT2D eigenvalue weighted by atomic mass is 10.0. The maximum absolute atomic E-state index is 12.6.